The van der Waals surface area contributed by atoms with E-state index < -0.39 is 0 Å². The first-order valence-corrected chi connectivity index (χ1v) is 7.57. The zero-order valence-corrected chi connectivity index (χ0v) is 12.5. The minimum Gasteiger partial charge on any atom is -0.494 e. The molecule has 1 aromatic rings. The van der Waals surface area contributed by atoms with Gasteiger partial charge in [0.25, 0.3) is 5.91 Å². The number of piperidine rings is 1. The molecule has 2 bridgehead atoms. The van der Waals surface area contributed by atoms with Crippen molar-refractivity contribution >= 4 is 21.8 Å². The first kappa shape index (κ1) is 12.9. The summed E-state index contributed by atoms with van der Waals surface area (Å²) in [5.41, 5.74) is 0.627. The number of pyridine rings is 1. The molecule has 0 N–H and O–H groups in total. The van der Waals surface area contributed by atoms with E-state index in [9.17, 15) is 4.79 Å². The summed E-state index contributed by atoms with van der Waals surface area (Å²) in [5.74, 6) is 0.652. The lowest BCUT2D eigenvalue weighted by Gasteiger charge is -2.37. The second-order valence-corrected chi connectivity index (χ2v) is 6.54. The molecule has 0 aromatic carbocycles. The van der Waals surface area contributed by atoms with Gasteiger partial charge in [0.15, 0.2) is 0 Å². The van der Waals surface area contributed by atoms with E-state index in [0.29, 0.717) is 28.2 Å². The molecule has 1 amide bonds. The van der Waals surface area contributed by atoms with Crippen LogP contribution in [0.25, 0.3) is 0 Å². The largest absolute Gasteiger partial charge is 0.494 e. The van der Waals surface area contributed by atoms with Gasteiger partial charge < -0.3 is 9.64 Å². The van der Waals surface area contributed by atoms with Crippen LogP contribution in [0.5, 0.6) is 5.75 Å². The van der Waals surface area contributed by atoms with E-state index in [2.05, 4.69) is 25.8 Å². The number of hydrogen-bond acceptors (Lipinski definition) is 3. The number of carbonyl (C=O) groups excluding carboxylic acids is 1. The van der Waals surface area contributed by atoms with Crippen molar-refractivity contribution < 1.29 is 9.53 Å². The number of amides is 1. The Kier molecular flexibility index (Phi) is 3.48. The van der Waals surface area contributed by atoms with Gasteiger partial charge in [-0.15, -0.1) is 0 Å². The summed E-state index contributed by atoms with van der Waals surface area (Å²) in [6, 6.07) is 2.49. The van der Waals surface area contributed by atoms with Gasteiger partial charge in [0, 0.05) is 23.1 Å². The van der Waals surface area contributed by atoms with Crippen LogP contribution in [-0.2, 0) is 0 Å². The van der Waals surface area contributed by atoms with Gasteiger partial charge in [-0.25, -0.2) is 0 Å². The zero-order valence-electron chi connectivity index (χ0n) is 10.9. The van der Waals surface area contributed by atoms with Gasteiger partial charge in [-0.3, -0.25) is 9.78 Å². The molecule has 5 heteroatoms. The number of fused-ring (bicyclic) bond motifs is 2. The van der Waals surface area contributed by atoms with Crippen molar-refractivity contribution in [2.24, 2.45) is 0 Å². The summed E-state index contributed by atoms with van der Waals surface area (Å²) in [5, 5.41) is 0. The van der Waals surface area contributed by atoms with Crippen molar-refractivity contribution in [2.45, 2.75) is 42.6 Å². The van der Waals surface area contributed by atoms with Gasteiger partial charge in [-0.05, 0) is 31.7 Å². The lowest BCUT2D eigenvalue weighted by atomic mass is 10.0. The Hall–Kier alpha value is -1.10. The molecule has 102 valence electrons. The maximum atomic E-state index is 12.7. The van der Waals surface area contributed by atoms with E-state index in [1.807, 2.05) is 0 Å². The fourth-order valence-corrected chi connectivity index (χ4v) is 4.16. The average molecular weight is 325 g/mol. The highest BCUT2D eigenvalue weighted by molar-refractivity contribution is 9.09. The van der Waals surface area contributed by atoms with Crippen LogP contribution in [0.15, 0.2) is 18.5 Å². The van der Waals surface area contributed by atoms with Crippen molar-refractivity contribution in [1.29, 1.82) is 0 Å². The Labute approximate surface area is 121 Å². The van der Waals surface area contributed by atoms with E-state index >= 15 is 0 Å². The van der Waals surface area contributed by atoms with Crippen LogP contribution in [0.4, 0.5) is 0 Å². The number of methoxy groups -OCH3 is 1. The molecule has 2 unspecified atom stereocenters. The molecule has 0 aliphatic carbocycles. The molecule has 0 saturated carbocycles. The predicted molar refractivity (Wildman–Crippen MR) is 75.7 cm³/mol. The topological polar surface area (TPSA) is 42.4 Å². The zero-order chi connectivity index (χ0) is 13.4. The first-order valence-electron chi connectivity index (χ1n) is 6.65. The van der Waals surface area contributed by atoms with Crippen LogP contribution in [0.1, 0.15) is 36.0 Å². The number of ether oxygens (including phenoxy) is 1. The molecule has 2 fully saturated rings. The normalized spacial score (nSPS) is 29.4. The smallest absolute Gasteiger partial charge is 0.258 e. The fraction of sp³-hybridized carbons (Fsp3) is 0.571. The number of carbonyl (C=O) groups is 1. The first-order chi connectivity index (χ1) is 9.20. The van der Waals surface area contributed by atoms with E-state index in [-0.39, 0.29) is 5.91 Å². The number of rotatable bonds is 2. The molecule has 1 aromatic heterocycles. The molecular weight excluding hydrogens is 308 g/mol. The van der Waals surface area contributed by atoms with E-state index in [4.69, 9.17) is 4.74 Å². The predicted octanol–water partition coefficient (Wildman–Crippen LogP) is 2.62. The lowest BCUT2D eigenvalue weighted by Crippen LogP contribution is -2.46. The van der Waals surface area contributed by atoms with Gasteiger partial charge in [0.1, 0.15) is 5.75 Å². The molecule has 2 aliphatic heterocycles. The highest BCUT2D eigenvalue weighted by atomic mass is 79.9. The van der Waals surface area contributed by atoms with Gasteiger partial charge in [0.05, 0.1) is 18.9 Å². The molecule has 0 spiro atoms. The van der Waals surface area contributed by atoms with Crippen LogP contribution in [0.3, 0.4) is 0 Å². The Morgan fingerprint density at radius 1 is 1.42 bits per heavy atom. The molecule has 2 atom stereocenters. The third-order valence-corrected chi connectivity index (χ3v) is 4.89. The van der Waals surface area contributed by atoms with Crippen LogP contribution < -0.4 is 4.74 Å². The second kappa shape index (κ2) is 5.12. The molecule has 3 heterocycles. The maximum Gasteiger partial charge on any atom is 0.258 e. The minimum atomic E-state index is 0.0890. The van der Waals surface area contributed by atoms with Crippen molar-refractivity contribution in [1.82, 2.24) is 9.88 Å². The summed E-state index contributed by atoms with van der Waals surface area (Å²) in [6.07, 6.45) is 7.59. The minimum absolute atomic E-state index is 0.0890. The molecule has 19 heavy (non-hydrogen) atoms. The summed E-state index contributed by atoms with van der Waals surface area (Å²) < 4.78 is 5.25. The quantitative estimate of drug-likeness (QED) is 0.785. The summed E-state index contributed by atoms with van der Waals surface area (Å²) in [7, 11) is 1.58. The third-order valence-electron chi connectivity index (χ3n) is 4.14. The Balaban J connectivity index is 1.89. The van der Waals surface area contributed by atoms with Crippen LogP contribution in [0, 0.1) is 0 Å². The highest BCUT2D eigenvalue weighted by Crippen LogP contribution is 2.39. The number of alkyl halides is 1. The van der Waals surface area contributed by atoms with Crippen LogP contribution in [-0.4, -0.2) is 39.8 Å². The van der Waals surface area contributed by atoms with Crippen LogP contribution in [0.2, 0.25) is 0 Å². The van der Waals surface area contributed by atoms with E-state index in [0.717, 1.165) is 25.7 Å². The number of halogens is 1. The molecule has 0 radical (unpaired) electrons. The molecule has 2 aliphatic rings. The van der Waals surface area contributed by atoms with Gasteiger partial charge >= 0.3 is 0 Å². The summed E-state index contributed by atoms with van der Waals surface area (Å²) in [6.45, 7) is 0. The Morgan fingerprint density at radius 3 is 2.74 bits per heavy atom. The van der Waals surface area contributed by atoms with Crippen molar-refractivity contribution in [3.63, 3.8) is 0 Å². The standard InChI is InChI=1S/C14H17BrN2O2/c1-19-13-8-16-5-4-12(13)14(18)17-10-2-3-11(17)7-9(15)6-10/h4-5,8-11H,2-3,6-7H2,1H3. The molecule has 3 rings (SSSR count). The van der Waals surface area contributed by atoms with Gasteiger partial charge in [-0.2, -0.15) is 0 Å². The molecule has 2 saturated heterocycles. The van der Waals surface area contributed by atoms with E-state index in [1.165, 1.54) is 0 Å². The maximum absolute atomic E-state index is 12.7. The van der Waals surface area contributed by atoms with Crippen LogP contribution >= 0.6 is 15.9 Å². The van der Waals surface area contributed by atoms with Crippen molar-refractivity contribution in [3.8, 4) is 5.75 Å². The molecular formula is C14H17BrN2O2. The number of aromatic nitrogens is 1. The third kappa shape index (κ3) is 2.24. The second-order valence-electron chi connectivity index (χ2n) is 5.24. The average Bonchev–Trinajstić information content (AvgIpc) is 2.70. The Bertz CT molecular complexity index is 480. The monoisotopic (exact) mass is 324 g/mol. The van der Waals surface area contributed by atoms with Crippen molar-refractivity contribution in [2.75, 3.05) is 7.11 Å². The van der Waals surface area contributed by atoms with Crippen molar-refractivity contribution in [3.05, 3.63) is 24.0 Å². The van der Waals surface area contributed by atoms with Gasteiger partial charge in [-0.1, -0.05) is 15.9 Å². The lowest BCUT2D eigenvalue weighted by molar-refractivity contribution is 0.0600. The summed E-state index contributed by atoms with van der Waals surface area (Å²) >= 11 is 3.70. The van der Waals surface area contributed by atoms with E-state index in [1.54, 1.807) is 25.6 Å². The Morgan fingerprint density at radius 2 is 2.11 bits per heavy atom. The van der Waals surface area contributed by atoms with Gasteiger partial charge in [0.2, 0.25) is 0 Å². The SMILES string of the molecule is COc1cnccc1C(=O)N1C2CCC1CC(Br)C2. The fourth-order valence-electron chi connectivity index (χ4n) is 3.30. The molecule has 4 nitrogen and oxygen atoms in total. The number of nitrogens with zero attached hydrogens (tertiary/aromatic N) is 2. The number of hydrogen-bond donors (Lipinski definition) is 0. The summed E-state index contributed by atoms with van der Waals surface area (Å²) in [4.78, 5) is 19.4. The highest BCUT2D eigenvalue weighted by Gasteiger charge is 2.43.